The van der Waals surface area contributed by atoms with Crippen LogP contribution in [0.3, 0.4) is 0 Å². The summed E-state index contributed by atoms with van der Waals surface area (Å²) in [5.41, 5.74) is 3.19. The summed E-state index contributed by atoms with van der Waals surface area (Å²) in [6, 6.07) is 11.6. The molecule has 0 saturated heterocycles. The number of fused-ring (bicyclic) bond motifs is 1. The third-order valence-electron chi connectivity index (χ3n) is 4.13. The number of carbonyl (C=O) groups excluding carboxylic acids is 1. The molecule has 3 aromatic rings. The quantitative estimate of drug-likeness (QED) is 0.672. The normalized spacial score (nSPS) is 10.8. The Morgan fingerprint density at radius 3 is 2.88 bits per heavy atom. The molecule has 0 aliphatic rings. The number of hydrogen-bond donors (Lipinski definition) is 1. The van der Waals surface area contributed by atoms with Crippen LogP contribution in [0.4, 0.5) is 0 Å². The summed E-state index contributed by atoms with van der Waals surface area (Å²) >= 11 is 0. The van der Waals surface area contributed by atoms with E-state index in [1.165, 1.54) is 5.56 Å². The highest BCUT2D eigenvalue weighted by Crippen LogP contribution is 2.16. The summed E-state index contributed by atoms with van der Waals surface area (Å²) < 4.78 is 7.49. The van der Waals surface area contributed by atoms with Gasteiger partial charge in [0, 0.05) is 19.2 Å². The highest BCUT2D eigenvalue weighted by Gasteiger charge is 2.06. The third-order valence-corrected chi connectivity index (χ3v) is 4.13. The Labute approximate surface area is 146 Å². The van der Waals surface area contributed by atoms with Crippen molar-refractivity contribution >= 4 is 11.6 Å². The summed E-state index contributed by atoms with van der Waals surface area (Å²) in [5.74, 6) is 1.49. The molecule has 0 aliphatic heterocycles. The second kappa shape index (κ2) is 7.79. The van der Waals surface area contributed by atoms with Gasteiger partial charge in [-0.3, -0.25) is 9.20 Å². The molecule has 1 amide bonds. The summed E-state index contributed by atoms with van der Waals surface area (Å²) in [4.78, 5) is 11.9. The molecule has 0 atom stereocenters. The maximum atomic E-state index is 11.9. The Hall–Kier alpha value is -2.89. The number of aryl methyl sites for hydroxylation is 3. The van der Waals surface area contributed by atoms with E-state index >= 15 is 0 Å². The smallest absolute Gasteiger partial charge is 0.257 e. The first kappa shape index (κ1) is 17.0. The molecule has 25 heavy (non-hydrogen) atoms. The number of pyridine rings is 1. The lowest BCUT2D eigenvalue weighted by molar-refractivity contribution is -0.123. The fourth-order valence-electron chi connectivity index (χ4n) is 2.54. The van der Waals surface area contributed by atoms with Gasteiger partial charge in [-0.05, 0) is 55.7 Å². The number of carbonyl (C=O) groups is 1. The average molecular weight is 338 g/mol. The molecule has 0 spiro atoms. The lowest BCUT2D eigenvalue weighted by Gasteiger charge is -2.09. The third kappa shape index (κ3) is 4.35. The van der Waals surface area contributed by atoms with Gasteiger partial charge in [-0.25, -0.2) is 0 Å². The van der Waals surface area contributed by atoms with Gasteiger partial charge in [-0.2, -0.15) is 0 Å². The number of benzene rings is 1. The fourth-order valence-corrected chi connectivity index (χ4v) is 2.54. The topological polar surface area (TPSA) is 68.5 Å². The van der Waals surface area contributed by atoms with E-state index in [1.54, 1.807) is 0 Å². The molecule has 0 saturated carbocycles. The van der Waals surface area contributed by atoms with Crippen LogP contribution in [0.25, 0.3) is 5.65 Å². The van der Waals surface area contributed by atoms with Crippen LogP contribution in [-0.2, 0) is 11.2 Å². The van der Waals surface area contributed by atoms with Crippen LogP contribution >= 0.6 is 0 Å². The molecule has 1 aromatic carbocycles. The van der Waals surface area contributed by atoms with Crippen LogP contribution in [0.2, 0.25) is 0 Å². The van der Waals surface area contributed by atoms with Crippen molar-refractivity contribution < 1.29 is 9.53 Å². The summed E-state index contributed by atoms with van der Waals surface area (Å²) in [6.45, 7) is 4.67. The van der Waals surface area contributed by atoms with Gasteiger partial charge in [0.15, 0.2) is 12.3 Å². The van der Waals surface area contributed by atoms with E-state index < -0.39 is 0 Å². The molecule has 1 N–H and O–H groups in total. The van der Waals surface area contributed by atoms with Crippen molar-refractivity contribution in [1.82, 2.24) is 19.9 Å². The number of nitrogens with zero attached hydrogens (tertiary/aromatic N) is 3. The van der Waals surface area contributed by atoms with Crippen LogP contribution < -0.4 is 10.1 Å². The summed E-state index contributed by atoms with van der Waals surface area (Å²) in [7, 11) is 0. The minimum Gasteiger partial charge on any atom is -0.484 e. The molecule has 6 nitrogen and oxygen atoms in total. The highest BCUT2D eigenvalue weighted by atomic mass is 16.5. The maximum Gasteiger partial charge on any atom is 0.257 e. The molecule has 3 rings (SSSR count). The van der Waals surface area contributed by atoms with Crippen LogP contribution in [0, 0.1) is 13.8 Å². The predicted molar refractivity (Wildman–Crippen MR) is 95.7 cm³/mol. The molecule has 2 heterocycles. The van der Waals surface area contributed by atoms with Crippen molar-refractivity contribution in [3.05, 3.63) is 59.5 Å². The van der Waals surface area contributed by atoms with Gasteiger partial charge in [-0.15, -0.1) is 10.2 Å². The van der Waals surface area contributed by atoms with Crippen molar-refractivity contribution in [2.45, 2.75) is 26.7 Å². The van der Waals surface area contributed by atoms with Crippen molar-refractivity contribution in [1.29, 1.82) is 0 Å². The monoisotopic (exact) mass is 338 g/mol. The van der Waals surface area contributed by atoms with Crippen LogP contribution in [0.15, 0.2) is 42.6 Å². The van der Waals surface area contributed by atoms with Crippen LogP contribution in [0.5, 0.6) is 5.75 Å². The molecule has 0 bridgehead atoms. The van der Waals surface area contributed by atoms with Gasteiger partial charge in [-0.1, -0.05) is 12.1 Å². The largest absolute Gasteiger partial charge is 0.484 e. The van der Waals surface area contributed by atoms with Crippen molar-refractivity contribution in [3.63, 3.8) is 0 Å². The summed E-state index contributed by atoms with van der Waals surface area (Å²) in [5, 5.41) is 11.2. The second-order valence-corrected chi connectivity index (χ2v) is 6.03. The summed E-state index contributed by atoms with van der Waals surface area (Å²) in [6.07, 6.45) is 3.50. The standard InChI is InChI=1S/C19H22N4O2/c1-14-8-9-16(12-15(14)2)25-13-19(24)20-10-5-7-18-22-21-17-6-3-4-11-23(17)18/h3-4,6,8-9,11-12H,5,7,10,13H2,1-2H3,(H,20,24). The van der Waals surface area contributed by atoms with Gasteiger partial charge < -0.3 is 10.1 Å². The zero-order valence-electron chi connectivity index (χ0n) is 14.5. The molecule has 0 fully saturated rings. The zero-order chi connectivity index (χ0) is 17.6. The zero-order valence-corrected chi connectivity index (χ0v) is 14.5. The number of aromatic nitrogens is 3. The molecular weight excluding hydrogens is 316 g/mol. The first-order valence-electron chi connectivity index (χ1n) is 8.39. The lowest BCUT2D eigenvalue weighted by atomic mass is 10.1. The minimum atomic E-state index is -0.121. The van der Waals surface area contributed by atoms with Crippen LogP contribution in [0.1, 0.15) is 23.4 Å². The minimum absolute atomic E-state index is 0.0242. The molecule has 130 valence electrons. The van der Waals surface area contributed by atoms with E-state index in [1.807, 2.05) is 60.8 Å². The molecule has 0 unspecified atom stereocenters. The number of hydrogen-bond acceptors (Lipinski definition) is 4. The van der Waals surface area contributed by atoms with Gasteiger partial charge in [0.25, 0.3) is 5.91 Å². The predicted octanol–water partition coefficient (Wildman–Crippen LogP) is 2.47. The average Bonchev–Trinajstić information content (AvgIpc) is 3.03. The van der Waals surface area contributed by atoms with Gasteiger partial charge in [0.05, 0.1) is 0 Å². The Morgan fingerprint density at radius 1 is 1.16 bits per heavy atom. The first-order chi connectivity index (χ1) is 12.1. The molecular formula is C19H22N4O2. The van der Waals surface area contributed by atoms with Crippen LogP contribution in [-0.4, -0.2) is 33.7 Å². The van der Waals surface area contributed by atoms with E-state index in [0.29, 0.717) is 12.3 Å². The number of rotatable bonds is 7. The van der Waals surface area contributed by atoms with Crippen molar-refractivity contribution in [2.75, 3.05) is 13.2 Å². The molecule has 0 radical (unpaired) electrons. The SMILES string of the molecule is Cc1ccc(OCC(=O)NCCCc2nnc3ccccn23)cc1C. The van der Waals surface area contributed by atoms with E-state index in [2.05, 4.69) is 15.5 Å². The first-order valence-corrected chi connectivity index (χ1v) is 8.39. The molecule has 2 aromatic heterocycles. The maximum absolute atomic E-state index is 11.9. The molecule has 0 aliphatic carbocycles. The van der Waals surface area contributed by atoms with E-state index in [-0.39, 0.29) is 12.5 Å². The number of nitrogens with one attached hydrogen (secondary N) is 1. The van der Waals surface area contributed by atoms with Crippen molar-refractivity contribution in [2.24, 2.45) is 0 Å². The van der Waals surface area contributed by atoms with Crippen molar-refractivity contribution in [3.8, 4) is 5.75 Å². The lowest BCUT2D eigenvalue weighted by Crippen LogP contribution is -2.30. The Balaban J connectivity index is 1.40. The van der Waals surface area contributed by atoms with E-state index in [4.69, 9.17) is 4.74 Å². The second-order valence-electron chi connectivity index (χ2n) is 6.03. The highest BCUT2D eigenvalue weighted by molar-refractivity contribution is 5.77. The number of ether oxygens (including phenoxy) is 1. The Morgan fingerprint density at radius 2 is 2.04 bits per heavy atom. The van der Waals surface area contributed by atoms with Gasteiger partial charge >= 0.3 is 0 Å². The molecule has 6 heteroatoms. The number of amides is 1. The Bertz CT molecular complexity index is 873. The van der Waals surface area contributed by atoms with Gasteiger partial charge in [0.2, 0.25) is 0 Å². The van der Waals surface area contributed by atoms with E-state index in [9.17, 15) is 4.79 Å². The van der Waals surface area contributed by atoms with Gasteiger partial charge in [0.1, 0.15) is 11.6 Å². The fraction of sp³-hybridized carbons (Fsp3) is 0.316. The van der Waals surface area contributed by atoms with E-state index in [0.717, 1.165) is 29.9 Å². The Kier molecular flexibility index (Phi) is 5.28.